The van der Waals surface area contributed by atoms with E-state index >= 15 is 0 Å². The number of benzene rings is 1. The van der Waals surface area contributed by atoms with Crippen LogP contribution in [0.5, 0.6) is 0 Å². The molecule has 2 fully saturated rings. The van der Waals surface area contributed by atoms with Crippen LogP contribution in [0.3, 0.4) is 0 Å². The third-order valence-corrected chi connectivity index (χ3v) is 6.01. The Balaban J connectivity index is 1.42. The summed E-state index contributed by atoms with van der Waals surface area (Å²) in [5.74, 6) is -0.0557. The Bertz CT molecular complexity index is 862. The van der Waals surface area contributed by atoms with Crippen molar-refractivity contribution in [2.75, 3.05) is 37.6 Å². The van der Waals surface area contributed by atoms with Crippen molar-refractivity contribution in [1.29, 1.82) is 0 Å². The van der Waals surface area contributed by atoms with Gasteiger partial charge in [-0.2, -0.15) is 0 Å². The van der Waals surface area contributed by atoms with E-state index in [-0.39, 0.29) is 17.8 Å². The number of halogens is 1. The highest BCUT2D eigenvalue weighted by molar-refractivity contribution is 5.74. The van der Waals surface area contributed by atoms with Gasteiger partial charge < -0.3 is 9.80 Å². The fourth-order valence-corrected chi connectivity index (χ4v) is 4.49. The Hall–Kier alpha value is -2.47. The lowest BCUT2D eigenvalue weighted by molar-refractivity contribution is -0.129. The van der Waals surface area contributed by atoms with Crippen LogP contribution in [0.1, 0.15) is 42.8 Å². The minimum atomic E-state index is -0.187. The van der Waals surface area contributed by atoms with Gasteiger partial charge in [0.15, 0.2) is 0 Å². The van der Waals surface area contributed by atoms with Crippen LogP contribution in [-0.4, -0.2) is 53.4 Å². The van der Waals surface area contributed by atoms with E-state index in [2.05, 4.69) is 21.9 Å². The zero-order chi connectivity index (χ0) is 20.4. The number of rotatable bonds is 4. The Labute approximate surface area is 172 Å². The third-order valence-electron chi connectivity index (χ3n) is 6.01. The van der Waals surface area contributed by atoms with Crippen molar-refractivity contribution >= 4 is 11.6 Å². The maximum absolute atomic E-state index is 13.1. The molecule has 29 heavy (non-hydrogen) atoms. The van der Waals surface area contributed by atoms with E-state index in [1.165, 1.54) is 17.8 Å². The predicted molar refractivity (Wildman–Crippen MR) is 112 cm³/mol. The van der Waals surface area contributed by atoms with Gasteiger partial charge >= 0.3 is 0 Å². The normalized spacial score (nSPS) is 20.3. The number of hydrogen-bond acceptors (Lipinski definition) is 4. The van der Waals surface area contributed by atoms with Crippen molar-refractivity contribution in [1.82, 2.24) is 14.8 Å². The van der Waals surface area contributed by atoms with Crippen LogP contribution in [0.25, 0.3) is 0 Å². The molecule has 0 aliphatic carbocycles. The Morgan fingerprint density at radius 3 is 2.52 bits per heavy atom. The van der Waals surface area contributed by atoms with E-state index in [9.17, 15) is 9.18 Å². The second kappa shape index (κ2) is 8.49. The molecule has 1 atom stereocenters. The first-order chi connectivity index (χ1) is 14.0. The number of aryl methyl sites for hydroxylation is 1. The average molecular weight is 397 g/mol. The highest BCUT2D eigenvalue weighted by atomic mass is 19.1. The van der Waals surface area contributed by atoms with Crippen molar-refractivity contribution in [3.05, 3.63) is 59.2 Å². The monoisotopic (exact) mass is 396 g/mol. The third kappa shape index (κ3) is 4.58. The van der Waals surface area contributed by atoms with Crippen LogP contribution >= 0.6 is 0 Å². The quantitative estimate of drug-likeness (QED) is 0.793. The van der Waals surface area contributed by atoms with Crippen molar-refractivity contribution in [2.45, 2.75) is 39.3 Å². The minimum absolute atomic E-state index is 0.103. The van der Waals surface area contributed by atoms with Gasteiger partial charge in [-0.25, -0.2) is 4.39 Å². The number of anilines is 1. The van der Waals surface area contributed by atoms with Crippen LogP contribution in [0.2, 0.25) is 0 Å². The summed E-state index contributed by atoms with van der Waals surface area (Å²) in [7, 11) is 0. The molecule has 1 amide bonds. The summed E-state index contributed by atoms with van der Waals surface area (Å²) < 4.78 is 13.1. The van der Waals surface area contributed by atoms with Crippen molar-refractivity contribution in [2.24, 2.45) is 0 Å². The maximum atomic E-state index is 13.1. The molecule has 5 nitrogen and oxygen atoms in total. The van der Waals surface area contributed by atoms with Gasteiger partial charge in [-0.3, -0.25) is 14.7 Å². The second-order valence-electron chi connectivity index (χ2n) is 8.15. The molecule has 2 aliphatic heterocycles. The first-order valence-corrected chi connectivity index (χ1v) is 10.5. The summed E-state index contributed by atoms with van der Waals surface area (Å²) in [6, 6.07) is 11.2. The number of carbonyl (C=O) groups is 1. The van der Waals surface area contributed by atoms with Crippen LogP contribution in [0.15, 0.2) is 36.4 Å². The number of nitrogens with zero attached hydrogens (tertiary/aromatic N) is 4. The fourth-order valence-electron chi connectivity index (χ4n) is 4.49. The van der Waals surface area contributed by atoms with Gasteiger partial charge in [0.05, 0.1) is 11.7 Å². The summed E-state index contributed by atoms with van der Waals surface area (Å²) in [5, 5.41) is 0. The molecule has 1 aromatic carbocycles. The Kier molecular flexibility index (Phi) is 5.81. The number of hydrogen-bond donors (Lipinski definition) is 0. The summed E-state index contributed by atoms with van der Waals surface area (Å²) >= 11 is 0. The molecule has 6 heteroatoms. The molecule has 0 radical (unpaired) electrons. The highest BCUT2D eigenvalue weighted by Gasteiger charge is 2.29. The zero-order valence-electron chi connectivity index (χ0n) is 17.3. The highest BCUT2D eigenvalue weighted by Crippen LogP contribution is 2.33. The largest absolute Gasteiger partial charge is 0.369 e. The number of aromatic nitrogens is 1. The topological polar surface area (TPSA) is 39.7 Å². The lowest BCUT2D eigenvalue weighted by Gasteiger charge is -2.36. The van der Waals surface area contributed by atoms with Crippen molar-refractivity contribution in [3.8, 4) is 0 Å². The molecule has 2 saturated heterocycles. The standard InChI is InChI=1S/C23H29FN4O/c1-17-14-21(15-22(25-17)23-4-3-9-28(23)18(2)29)27-12-10-26(11-13-27)16-19-5-7-20(24)8-6-19/h5-8,14-15,23H,3-4,9-13,16H2,1-2H3. The molecule has 0 saturated carbocycles. The molecule has 0 bridgehead atoms. The van der Waals surface area contributed by atoms with Gasteiger partial charge in [-0.1, -0.05) is 12.1 Å². The van der Waals surface area contributed by atoms with Crippen molar-refractivity contribution in [3.63, 3.8) is 0 Å². The van der Waals surface area contributed by atoms with E-state index in [0.29, 0.717) is 0 Å². The molecule has 2 aromatic rings. The van der Waals surface area contributed by atoms with Gasteiger partial charge in [0.2, 0.25) is 5.91 Å². The first kappa shape index (κ1) is 19.8. The molecule has 0 N–H and O–H groups in total. The minimum Gasteiger partial charge on any atom is -0.369 e. The summed E-state index contributed by atoms with van der Waals surface area (Å²) in [6.45, 7) is 9.20. The lowest BCUT2D eigenvalue weighted by Crippen LogP contribution is -2.46. The molecule has 154 valence electrons. The molecule has 0 spiro atoms. The first-order valence-electron chi connectivity index (χ1n) is 10.5. The van der Waals surface area contributed by atoms with Gasteiger partial charge in [0, 0.05) is 57.6 Å². The summed E-state index contributed by atoms with van der Waals surface area (Å²) in [6.07, 6.45) is 2.03. The van der Waals surface area contributed by atoms with Crippen LogP contribution < -0.4 is 4.90 Å². The Morgan fingerprint density at radius 2 is 1.83 bits per heavy atom. The molecule has 3 heterocycles. The maximum Gasteiger partial charge on any atom is 0.220 e. The van der Waals surface area contributed by atoms with E-state index in [1.54, 1.807) is 6.92 Å². The van der Waals surface area contributed by atoms with E-state index in [4.69, 9.17) is 4.98 Å². The fraction of sp³-hybridized carbons (Fsp3) is 0.478. The average Bonchev–Trinajstić information content (AvgIpc) is 3.20. The molecule has 4 rings (SSSR count). The zero-order valence-corrected chi connectivity index (χ0v) is 17.3. The smallest absolute Gasteiger partial charge is 0.220 e. The van der Waals surface area contributed by atoms with Gasteiger partial charge in [0.25, 0.3) is 0 Å². The lowest BCUT2D eigenvalue weighted by atomic mass is 10.1. The summed E-state index contributed by atoms with van der Waals surface area (Å²) in [5.41, 5.74) is 4.36. The molecule has 1 aromatic heterocycles. The van der Waals surface area contributed by atoms with Crippen LogP contribution in [0, 0.1) is 12.7 Å². The summed E-state index contributed by atoms with van der Waals surface area (Å²) in [4.78, 5) is 23.5. The predicted octanol–water partition coefficient (Wildman–Crippen LogP) is 3.53. The molecule has 1 unspecified atom stereocenters. The van der Waals surface area contributed by atoms with Crippen molar-refractivity contribution < 1.29 is 9.18 Å². The van der Waals surface area contributed by atoms with Gasteiger partial charge in [0.1, 0.15) is 5.82 Å². The van der Waals surface area contributed by atoms with E-state index in [1.807, 2.05) is 24.0 Å². The van der Waals surface area contributed by atoms with Crippen LogP contribution in [0.4, 0.5) is 10.1 Å². The van der Waals surface area contributed by atoms with Gasteiger partial charge in [-0.15, -0.1) is 0 Å². The van der Waals surface area contributed by atoms with Crippen LogP contribution in [-0.2, 0) is 11.3 Å². The number of likely N-dealkylation sites (tertiary alicyclic amines) is 1. The van der Waals surface area contributed by atoms with Gasteiger partial charge in [-0.05, 0) is 49.6 Å². The molecular weight excluding hydrogens is 367 g/mol. The molecule has 2 aliphatic rings. The number of carbonyl (C=O) groups excluding carboxylic acids is 1. The number of amides is 1. The SMILES string of the molecule is CC(=O)N1CCCC1c1cc(N2CCN(Cc3ccc(F)cc3)CC2)cc(C)n1. The number of pyridine rings is 1. The molecular formula is C23H29FN4O. The van der Waals surface area contributed by atoms with E-state index < -0.39 is 0 Å². The second-order valence-corrected chi connectivity index (χ2v) is 8.15. The number of piperazine rings is 1. The van der Waals surface area contributed by atoms with E-state index in [0.717, 1.165) is 69.1 Å². The Morgan fingerprint density at radius 1 is 1.10 bits per heavy atom.